The highest BCUT2D eigenvalue weighted by Gasteiger charge is 2.23. The van der Waals surface area contributed by atoms with E-state index in [1.165, 1.54) is 18.6 Å². The number of amidine groups is 1. The molecule has 1 N–H and O–H groups in total. The van der Waals surface area contributed by atoms with Gasteiger partial charge in [-0.1, -0.05) is 36.4 Å². The highest BCUT2D eigenvalue weighted by atomic mass is 19.1. The van der Waals surface area contributed by atoms with Crippen LogP contribution in [-0.2, 0) is 0 Å². The Bertz CT molecular complexity index is 1170. The van der Waals surface area contributed by atoms with Crippen molar-refractivity contribution in [3.05, 3.63) is 89.7 Å². The van der Waals surface area contributed by atoms with Gasteiger partial charge in [0.25, 0.3) is 0 Å². The van der Waals surface area contributed by atoms with Crippen LogP contribution in [0.1, 0.15) is 37.3 Å². The van der Waals surface area contributed by atoms with E-state index < -0.39 is 0 Å². The lowest BCUT2D eigenvalue weighted by Gasteiger charge is -2.34. The molecule has 0 spiro atoms. The van der Waals surface area contributed by atoms with E-state index in [4.69, 9.17) is 14.7 Å². The Labute approximate surface area is 201 Å². The van der Waals surface area contributed by atoms with Gasteiger partial charge in [-0.25, -0.2) is 9.38 Å². The Kier molecular flexibility index (Phi) is 7.58. The summed E-state index contributed by atoms with van der Waals surface area (Å²) in [5.74, 6) is 1.71. The molecule has 3 aromatic rings. The van der Waals surface area contributed by atoms with Crippen LogP contribution in [0.5, 0.6) is 5.75 Å². The van der Waals surface area contributed by atoms with Crippen molar-refractivity contribution >= 4 is 23.2 Å². The lowest BCUT2D eigenvalue weighted by atomic mass is 10.0. The fourth-order valence-corrected chi connectivity index (χ4v) is 4.14. The van der Waals surface area contributed by atoms with Gasteiger partial charge in [-0.15, -0.1) is 0 Å². The van der Waals surface area contributed by atoms with Gasteiger partial charge < -0.3 is 15.0 Å². The number of guanidine groups is 1. The molecule has 0 aromatic heterocycles. The third-order valence-corrected chi connectivity index (χ3v) is 6.08. The van der Waals surface area contributed by atoms with Crippen molar-refractivity contribution in [3.8, 4) is 5.75 Å². The number of piperidine rings is 1. The second kappa shape index (κ2) is 11.0. The molecule has 0 amide bonds. The van der Waals surface area contributed by atoms with Gasteiger partial charge >= 0.3 is 0 Å². The SMILES string of the molecule is COc1ccccc1N=C(N=C(Nc1ccc(F)cc1)c1ccccc1C)N1CCCCC1C. The summed E-state index contributed by atoms with van der Waals surface area (Å²) < 4.78 is 19.1. The van der Waals surface area contributed by atoms with E-state index in [9.17, 15) is 4.39 Å². The first kappa shape index (κ1) is 23.5. The first-order valence-electron chi connectivity index (χ1n) is 11.7. The van der Waals surface area contributed by atoms with E-state index in [0.717, 1.165) is 41.9 Å². The molecule has 0 radical (unpaired) electrons. The molecule has 34 heavy (non-hydrogen) atoms. The zero-order chi connectivity index (χ0) is 23.9. The molecule has 1 atom stereocenters. The van der Waals surface area contributed by atoms with E-state index >= 15 is 0 Å². The minimum Gasteiger partial charge on any atom is -0.494 e. The number of nitrogens with one attached hydrogen (secondary N) is 1. The standard InChI is InChI=1S/C28H31FN4O/c1-20-10-4-5-12-24(20)27(30-23-17-15-22(29)16-18-23)32-28(33-19-9-8-11-21(33)2)31-25-13-6-7-14-26(25)34-3/h4-7,10,12-18,21H,8-9,11,19H2,1-3H3,(H,30,31,32). The van der Waals surface area contributed by atoms with Crippen molar-refractivity contribution in [3.63, 3.8) is 0 Å². The smallest absolute Gasteiger partial charge is 0.228 e. The third-order valence-electron chi connectivity index (χ3n) is 6.08. The Hall–Kier alpha value is -3.67. The summed E-state index contributed by atoms with van der Waals surface area (Å²) in [6.07, 6.45) is 3.38. The molecule has 4 rings (SSSR count). The first-order valence-corrected chi connectivity index (χ1v) is 11.7. The van der Waals surface area contributed by atoms with E-state index in [1.807, 2.05) is 42.5 Å². The highest BCUT2D eigenvalue weighted by molar-refractivity contribution is 6.14. The van der Waals surface area contributed by atoms with Crippen LogP contribution in [-0.4, -0.2) is 36.4 Å². The van der Waals surface area contributed by atoms with E-state index in [2.05, 4.69) is 30.1 Å². The molecule has 1 heterocycles. The molecular formula is C28H31FN4O. The van der Waals surface area contributed by atoms with Crippen LogP contribution >= 0.6 is 0 Å². The van der Waals surface area contributed by atoms with Gasteiger partial charge in [-0.3, -0.25) is 0 Å². The largest absolute Gasteiger partial charge is 0.494 e. The molecular weight excluding hydrogens is 427 g/mol. The van der Waals surface area contributed by atoms with E-state index in [1.54, 1.807) is 19.2 Å². The Morgan fingerprint density at radius 3 is 2.47 bits per heavy atom. The van der Waals surface area contributed by atoms with Crippen molar-refractivity contribution in [1.82, 2.24) is 4.90 Å². The van der Waals surface area contributed by atoms with E-state index in [0.29, 0.717) is 23.6 Å². The zero-order valence-corrected chi connectivity index (χ0v) is 20.0. The lowest BCUT2D eigenvalue weighted by molar-refractivity contribution is 0.256. The summed E-state index contributed by atoms with van der Waals surface area (Å²) in [7, 11) is 1.65. The monoisotopic (exact) mass is 458 g/mol. The van der Waals surface area contributed by atoms with Gasteiger partial charge in [0.05, 0.1) is 7.11 Å². The maximum absolute atomic E-state index is 13.5. The minimum absolute atomic E-state index is 0.277. The summed E-state index contributed by atoms with van der Waals surface area (Å²) in [4.78, 5) is 12.4. The van der Waals surface area contributed by atoms with Gasteiger partial charge in [0.2, 0.25) is 5.96 Å². The van der Waals surface area contributed by atoms with Crippen LogP contribution in [0.3, 0.4) is 0 Å². The molecule has 1 aliphatic rings. The van der Waals surface area contributed by atoms with Gasteiger partial charge in [-0.2, -0.15) is 4.99 Å². The molecule has 1 aliphatic heterocycles. The van der Waals surface area contributed by atoms with Crippen molar-refractivity contribution in [2.24, 2.45) is 9.98 Å². The zero-order valence-electron chi connectivity index (χ0n) is 20.0. The number of benzene rings is 3. The van der Waals surface area contributed by atoms with Crippen molar-refractivity contribution in [2.45, 2.75) is 39.2 Å². The second-order valence-corrected chi connectivity index (χ2v) is 8.53. The lowest BCUT2D eigenvalue weighted by Crippen LogP contribution is -2.42. The number of hydrogen-bond acceptors (Lipinski definition) is 2. The summed E-state index contributed by atoms with van der Waals surface area (Å²) >= 11 is 0. The minimum atomic E-state index is -0.277. The number of nitrogens with zero attached hydrogens (tertiary/aromatic N) is 3. The van der Waals surface area contributed by atoms with Gasteiger partial charge in [0.15, 0.2) is 0 Å². The van der Waals surface area contributed by atoms with Crippen LogP contribution in [0.4, 0.5) is 15.8 Å². The number of hydrogen-bond donors (Lipinski definition) is 1. The molecule has 0 saturated carbocycles. The average Bonchev–Trinajstić information content (AvgIpc) is 2.85. The van der Waals surface area contributed by atoms with Crippen molar-refractivity contribution < 1.29 is 9.13 Å². The summed E-state index contributed by atoms with van der Waals surface area (Å²) in [6, 6.07) is 22.4. The van der Waals surface area contributed by atoms with Crippen LogP contribution in [0.25, 0.3) is 0 Å². The molecule has 0 bridgehead atoms. The second-order valence-electron chi connectivity index (χ2n) is 8.53. The van der Waals surface area contributed by atoms with Gasteiger partial charge in [0.1, 0.15) is 23.1 Å². The Balaban J connectivity index is 1.85. The summed E-state index contributed by atoms with van der Waals surface area (Å²) in [5, 5.41) is 3.41. The van der Waals surface area contributed by atoms with Crippen LogP contribution in [0.2, 0.25) is 0 Å². The van der Waals surface area contributed by atoms with Crippen LogP contribution in [0, 0.1) is 12.7 Å². The number of anilines is 1. The number of methoxy groups -OCH3 is 1. The molecule has 0 aliphatic carbocycles. The number of halogens is 1. The number of aliphatic imine (C=N–C) groups is 2. The predicted octanol–water partition coefficient (Wildman–Crippen LogP) is 6.56. The first-order chi connectivity index (χ1) is 16.5. The number of likely N-dealkylation sites (tertiary alicyclic amines) is 1. The molecule has 1 fully saturated rings. The third kappa shape index (κ3) is 5.63. The Morgan fingerprint density at radius 1 is 1.00 bits per heavy atom. The normalized spacial score (nSPS) is 16.9. The van der Waals surface area contributed by atoms with Crippen molar-refractivity contribution in [1.29, 1.82) is 0 Å². The van der Waals surface area contributed by atoms with E-state index in [-0.39, 0.29) is 5.82 Å². The summed E-state index contributed by atoms with van der Waals surface area (Å²) in [5.41, 5.74) is 3.53. The summed E-state index contributed by atoms with van der Waals surface area (Å²) in [6.45, 7) is 5.15. The maximum Gasteiger partial charge on any atom is 0.228 e. The number of para-hydroxylation sites is 2. The Morgan fingerprint density at radius 2 is 1.74 bits per heavy atom. The van der Waals surface area contributed by atoms with Crippen LogP contribution < -0.4 is 10.1 Å². The molecule has 5 nitrogen and oxygen atoms in total. The quantitative estimate of drug-likeness (QED) is 0.356. The molecule has 1 unspecified atom stereocenters. The van der Waals surface area contributed by atoms with Crippen molar-refractivity contribution in [2.75, 3.05) is 19.0 Å². The maximum atomic E-state index is 13.5. The molecule has 3 aromatic carbocycles. The topological polar surface area (TPSA) is 49.2 Å². The predicted molar refractivity (Wildman–Crippen MR) is 138 cm³/mol. The molecule has 6 heteroatoms. The van der Waals surface area contributed by atoms with Crippen LogP contribution in [0.15, 0.2) is 82.8 Å². The van der Waals surface area contributed by atoms with Gasteiger partial charge in [-0.05, 0) is 75.1 Å². The highest BCUT2D eigenvalue weighted by Crippen LogP contribution is 2.28. The molecule has 1 saturated heterocycles. The average molecular weight is 459 g/mol. The molecule has 176 valence electrons. The van der Waals surface area contributed by atoms with Gasteiger partial charge in [0, 0.05) is 23.8 Å². The number of aryl methyl sites for hydroxylation is 1. The number of rotatable bonds is 4. The fourth-order valence-electron chi connectivity index (χ4n) is 4.14. The fraction of sp³-hybridized carbons (Fsp3) is 0.286. The number of ether oxygens (including phenoxy) is 1.